The molecule has 0 saturated carbocycles. The van der Waals surface area contributed by atoms with Crippen molar-refractivity contribution in [2.45, 2.75) is 20.5 Å². The zero-order valence-corrected chi connectivity index (χ0v) is 19.2. The maximum absolute atomic E-state index is 6.14. The smallest absolute Gasteiger partial charge is 0.197 e. The fourth-order valence-corrected chi connectivity index (χ4v) is 5.98. The summed E-state index contributed by atoms with van der Waals surface area (Å²) in [6.45, 7) is 4.50. The molecule has 0 aliphatic carbocycles. The standard InChI is InChI=1S/C21H33N4O2P/c1-17-12-9-10-14-20(17)27-21-15-11-13-19(18(21)2)16-26-22-28(23(3)4,24(5)6)25(7)8/h9-15H,16H2,1-8H3. The highest BCUT2D eigenvalue weighted by atomic mass is 31.2. The van der Waals surface area contributed by atoms with E-state index in [4.69, 9.17) is 9.57 Å². The maximum atomic E-state index is 6.14. The SMILES string of the molecule is Cc1ccccc1Oc1cccc(CON=P(N(C)C)(N(C)C)N(C)C)c1C. The van der Waals surface area contributed by atoms with Crippen molar-refractivity contribution in [1.82, 2.24) is 14.0 Å². The number of benzene rings is 2. The Labute approximate surface area is 169 Å². The first-order chi connectivity index (χ1) is 13.2. The van der Waals surface area contributed by atoms with E-state index in [-0.39, 0.29) is 0 Å². The predicted octanol–water partition coefficient (Wildman–Crippen LogP) is 5.16. The molecule has 0 fully saturated rings. The van der Waals surface area contributed by atoms with E-state index in [0.29, 0.717) is 6.61 Å². The summed E-state index contributed by atoms with van der Waals surface area (Å²) in [5, 5.41) is 0. The Morgan fingerprint density at radius 1 is 0.786 bits per heavy atom. The molecule has 2 aromatic rings. The molecule has 28 heavy (non-hydrogen) atoms. The maximum Gasteiger partial charge on any atom is 0.197 e. The lowest BCUT2D eigenvalue weighted by atomic mass is 10.1. The number of hydrogen-bond acceptors (Lipinski definition) is 3. The highest BCUT2D eigenvalue weighted by molar-refractivity contribution is 7.58. The van der Waals surface area contributed by atoms with E-state index in [2.05, 4.69) is 31.9 Å². The molecule has 2 aromatic carbocycles. The molecule has 0 radical (unpaired) electrons. The Morgan fingerprint density at radius 2 is 1.36 bits per heavy atom. The summed E-state index contributed by atoms with van der Waals surface area (Å²) in [5.41, 5.74) is 3.23. The highest BCUT2D eigenvalue weighted by Crippen LogP contribution is 2.54. The van der Waals surface area contributed by atoms with Gasteiger partial charge in [0, 0.05) is 0 Å². The number of hydrogen-bond donors (Lipinski definition) is 0. The van der Waals surface area contributed by atoms with Crippen LogP contribution in [0.25, 0.3) is 0 Å². The van der Waals surface area contributed by atoms with Gasteiger partial charge in [-0.1, -0.05) is 30.3 Å². The van der Waals surface area contributed by atoms with Gasteiger partial charge in [0.25, 0.3) is 0 Å². The largest absolute Gasteiger partial charge is 0.457 e. The molecule has 0 spiro atoms. The fraction of sp³-hybridized carbons (Fsp3) is 0.429. The van der Waals surface area contributed by atoms with Crippen LogP contribution in [0.1, 0.15) is 16.7 Å². The zero-order chi connectivity index (χ0) is 20.9. The van der Waals surface area contributed by atoms with Crippen molar-refractivity contribution in [3.63, 3.8) is 0 Å². The third-order valence-corrected chi connectivity index (χ3v) is 8.26. The van der Waals surface area contributed by atoms with Crippen molar-refractivity contribution in [3.05, 3.63) is 59.2 Å². The van der Waals surface area contributed by atoms with Crippen LogP contribution in [-0.4, -0.2) is 56.3 Å². The lowest BCUT2D eigenvalue weighted by Gasteiger charge is -2.39. The minimum Gasteiger partial charge on any atom is -0.457 e. The van der Waals surface area contributed by atoms with Crippen molar-refractivity contribution in [2.24, 2.45) is 4.91 Å². The highest BCUT2D eigenvalue weighted by Gasteiger charge is 2.29. The second kappa shape index (κ2) is 9.68. The van der Waals surface area contributed by atoms with Crippen LogP contribution in [0.3, 0.4) is 0 Å². The van der Waals surface area contributed by atoms with E-state index in [1.165, 1.54) is 0 Å². The summed E-state index contributed by atoms with van der Waals surface area (Å²) < 4.78 is 12.5. The van der Waals surface area contributed by atoms with Gasteiger partial charge < -0.3 is 4.74 Å². The van der Waals surface area contributed by atoms with E-state index in [0.717, 1.165) is 28.2 Å². The van der Waals surface area contributed by atoms with Crippen molar-refractivity contribution >= 4 is 7.51 Å². The molecule has 0 saturated heterocycles. The van der Waals surface area contributed by atoms with E-state index in [1.807, 2.05) is 85.6 Å². The number of rotatable bonds is 8. The van der Waals surface area contributed by atoms with Crippen LogP contribution in [0.4, 0.5) is 0 Å². The third kappa shape index (κ3) is 4.83. The van der Waals surface area contributed by atoms with E-state index in [1.54, 1.807) is 0 Å². The van der Waals surface area contributed by atoms with Gasteiger partial charge >= 0.3 is 0 Å². The first-order valence-electron chi connectivity index (χ1n) is 9.29. The van der Waals surface area contributed by atoms with Crippen LogP contribution in [-0.2, 0) is 11.4 Å². The van der Waals surface area contributed by atoms with Gasteiger partial charge in [-0.2, -0.15) is 0 Å². The van der Waals surface area contributed by atoms with Crippen molar-refractivity contribution in [2.75, 3.05) is 42.3 Å². The van der Waals surface area contributed by atoms with Crippen LogP contribution in [0.2, 0.25) is 0 Å². The Hall–Kier alpha value is -1.69. The Morgan fingerprint density at radius 3 is 1.93 bits per heavy atom. The molecule has 6 nitrogen and oxygen atoms in total. The zero-order valence-electron chi connectivity index (χ0n) is 18.3. The lowest BCUT2D eigenvalue weighted by Crippen LogP contribution is -2.30. The lowest BCUT2D eigenvalue weighted by molar-refractivity contribution is 0.127. The average Bonchev–Trinajstić information content (AvgIpc) is 2.62. The third-order valence-electron chi connectivity index (χ3n) is 4.71. The molecular weight excluding hydrogens is 371 g/mol. The van der Waals surface area contributed by atoms with E-state index >= 15 is 0 Å². The van der Waals surface area contributed by atoms with Gasteiger partial charge in [0.15, 0.2) is 7.51 Å². The molecule has 0 aliphatic rings. The first kappa shape index (κ1) is 22.6. The molecule has 7 heteroatoms. The first-order valence-corrected chi connectivity index (χ1v) is 10.9. The minimum atomic E-state index is -2.07. The number of nitrogens with zero attached hydrogens (tertiary/aromatic N) is 4. The van der Waals surface area contributed by atoms with E-state index in [9.17, 15) is 0 Å². The second-order valence-electron chi connectivity index (χ2n) is 7.34. The normalized spacial score (nSPS) is 12.1. The molecule has 154 valence electrons. The van der Waals surface area contributed by atoms with Gasteiger partial charge in [-0.25, -0.2) is 4.84 Å². The Balaban J connectivity index is 2.24. The topological polar surface area (TPSA) is 40.5 Å². The van der Waals surface area contributed by atoms with Gasteiger partial charge in [-0.3, -0.25) is 14.0 Å². The summed E-state index contributed by atoms with van der Waals surface area (Å²) in [5.74, 6) is 1.70. The Kier molecular flexibility index (Phi) is 7.81. The number of aryl methyl sites for hydroxylation is 1. The number of para-hydroxylation sites is 1. The molecule has 2 rings (SSSR count). The van der Waals surface area contributed by atoms with Crippen molar-refractivity contribution < 1.29 is 9.57 Å². The summed E-state index contributed by atoms with van der Waals surface area (Å²) in [7, 11) is 10.1. The van der Waals surface area contributed by atoms with E-state index < -0.39 is 7.51 Å². The van der Waals surface area contributed by atoms with Crippen molar-refractivity contribution in [3.8, 4) is 11.5 Å². The number of ether oxygens (including phenoxy) is 1. The van der Waals surface area contributed by atoms with Crippen LogP contribution in [0.15, 0.2) is 47.4 Å². The summed E-state index contributed by atoms with van der Waals surface area (Å²) >= 11 is 0. The Bertz CT molecular complexity index is 822. The molecule has 0 aromatic heterocycles. The van der Waals surface area contributed by atoms with Crippen molar-refractivity contribution in [1.29, 1.82) is 0 Å². The van der Waals surface area contributed by atoms with Gasteiger partial charge in [0.05, 0.1) is 0 Å². The summed E-state index contributed by atoms with van der Waals surface area (Å²) in [6.07, 6.45) is 0. The molecule has 0 atom stereocenters. The monoisotopic (exact) mass is 404 g/mol. The average molecular weight is 404 g/mol. The summed E-state index contributed by atoms with van der Waals surface area (Å²) in [4.78, 5) is 10.5. The predicted molar refractivity (Wildman–Crippen MR) is 118 cm³/mol. The molecule has 0 aliphatic heterocycles. The molecular formula is C21H33N4O2P. The molecule has 0 unspecified atom stereocenters. The fourth-order valence-electron chi connectivity index (χ4n) is 3.18. The summed E-state index contributed by atoms with van der Waals surface area (Å²) in [6, 6.07) is 14.1. The molecule has 0 amide bonds. The van der Waals surface area contributed by atoms with Gasteiger partial charge in [0.1, 0.15) is 18.1 Å². The van der Waals surface area contributed by atoms with Gasteiger partial charge in [0.2, 0.25) is 0 Å². The van der Waals surface area contributed by atoms with Gasteiger partial charge in [-0.05, 0) is 85.0 Å². The van der Waals surface area contributed by atoms with Crippen LogP contribution >= 0.6 is 7.51 Å². The molecule has 0 bridgehead atoms. The minimum absolute atomic E-state index is 0.397. The molecule has 0 heterocycles. The van der Waals surface area contributed by atoms with Gasteiger partial charge in [-0.15, -0.1) is 4.91 Å². The van der Waals surface area contributed by atoms with Crippen LogP contribution in [0.5, 0.6) is 11.5 Å². The van der Waals surface area contributed by atoms with Crippen LogP contribution < -0.4 is 4.74 Å². The molecule has 0 N–H and O–H groups in total. The van der Waals surface area contributed by atoms with Crippen LogP contribution in [0, 0.1) is 13.8 Å². The second-order valence-corrected chi connectivity index (χ2v) is 11.0. The quantitative estimate of drug-likeness (QED) is 0.449.